The van der Waals surface area contributed by atoms with Gasteiger partial charge in [0.05, 0.1) is 30.8 Å². The van der Waals surface area contributed by atoms with Gasteiger partial charge in [0.15, 0.2) is 0 Å². The normalized spacial score (nSPS) is 12.5. The molecule has 0 aliphatic heterocycles. The molecule has 0 aliphatic rings. The second-order valence-corrected chi connectivity index (χ2v) is 13.8. The highest BCUT2D eigenvalue weighted by molar-refractivity contribution is 6.29. The highest BCUT2D eigenvalue weighted by atomic mass is 35.5. The highest BCUT2D eigenvalue weighted by Gasteiger charge is 2.25. The van der Waals surface area contributed by atoms with Crippen molar-refractivity contribution in [3.8, 4) is 11.5 Å². The molecule has 0 radical (unpaired) electrons. The number of benzene rings is 2. The zero-order valence-corrected chi connectivity index (χ0v) is 28.9. The summed E-state index contributed by atoms with van der Waals surface area (Å²) >= 11 is 5.91. The van der Waals surface area contributed by atoms with Crippen LogP contribution in [0.5, 0.6) is 11.5 Å². The lowest BCUT2D eigenvalue weighted by atomic mass is 9.78. The number of carbonyl (C=O) groups is 1. The molecule has 2 aromatic carbocycles. The van der Waals surface area contributed by atoms with Gasteiger partial charge in [-0.25, -0.2) is 9.78 Å². The van der Waals surface area contributed by atoms with Gasteiger partial charge in [-0.1, -0.05) is 96.2 Å². The van der Waals surface area contributed by atoms with Crippen molar-refractivity contribution in [2.45, 2.75) is 104 Å². The Hall–Kier alpha value is -3.36. The summed E-state index contributed by atoms with van der Waals surface area (Å²) in [5.74, 6) is 1.67. The van der Waals surface area contributed by atoms with Crippen molar-refractivity contribution in [1.29, 1.82) is 0 Å². The molecule has 0 fully saturated rings. The molecular formula is C37H52ClN3O5. The number of ether oxygens (including phenoxy) is 3. The highest BCUT2D eigenvalue weighted by Crippen LogP contribution is 2.33. The minimum absolute atomic E-state index is 0.0399. The zero-order valence-electron chi connectivity index (χ0n) is 28.2. The number of rotatable bonds is 20. The Labute approximate surface area is 280 Å². The summed E-state index contributed by atoms with van der Waals surface area (Å²) in [6.45, 7) is 13.2. The van der Waals surface area contributed by atoms with E-state index in [1.165, 1.54) is 30.2 Å². The maximum absolute atomic E-state index is 10.6. The van der Waals surface area contributed by atoms with Crippen LogP contribution in [0, 0.1) is 5.41 Å². The summed E-state index contributed by atoms with van der Waals surface area (Å²) in [4.78, 5) is 18.9. The number of amides is 1. The van der Waals surface area contributed by atoms with E-state index in [9.17, 15) is 4.79 Å². The van der Waals surface area contributed by atoms with Crippen molar-refractivity contribution in [3.05, 3.63) is 82.9 Å². The van der Waals surface area contributed by atoms with Crippen LogP contribution >= 0.6 is 11.6 Å². The third-order valence-electron chi connectivity index (χ3n) is 8.21. The first kappa shape index (κ1) is 37.1. The number of halogens is 1. The van der Waals surface area contributed by atoms with Gasteiger partial charge in [-0.3, -0.25) is 4.98 Å². The number of nitrogens with one attached hydrogen (secondary N) is 1. The van der Waals surface area contributed by atoms with Gasteiger partial charge < -0.3 is 24.6 Å². The number of unbranched alkanes of at least 4 members (excludes halogenated alkanes) is 5. The number of carboxylic acid groups (broad SMARTS) is 1. The van der Waals surface area contributed by atoms with Crippen LogP contribution in [-0.4, -0.2) is 47.0 Å². The van der Waals surface area contributed by atoms with E-state index in [-0.39, 0.29) is 16.9 Å². The van der Waals surface area contributed by atoms with Gasteiger partial charge in [0.25, 0.3) is 0 Å². The monoisotopic (exact) mass is 653 g/mol. The molecule has 2 N–H and O–H groups in total. The van der Waals surface area contributed by atoms with E-state index < -0.39 is 6.09 Å². The third kappa shape index (κ3) is 13.2. The van der Waals surface area contributed by atoms with Crippen LogP contribution in [-0.2, 0) is 16.8 Å². The molecule has 252 valence electrons. The molecule has 0 bridgehead atoms. The fourth-order valence-corrected chi connectivity index (χ4v) is 5.45. The van der Waals surface area contributed by atoms with Crippen molar-refractivity contribution in [1.82, 2.24) is 15.3 Å². The molecule has 3 rings (SSSR count). The molecule has 0 saturated carbocycles. The number of hydrogen-bond donors (Lipinski definition) is 2. The molecule has 1 amide bonds. The first-order chi connectivity index (χ1) is 21.9. The van der Waals surface area contributed by atoms with Crippen LogP contribution in [0.25, 0.3) is 0 Å². The second-order valence-electron chi connectivity index (χ2n) is 13.4. The Morgan fingerprint density at radius 1 is 0.804 bits per heavy atom. The fourth-order valence-electron chi connectivity index (χ4n) is 5.28. The van der Waals surface area contributed by atoms with Crippen LogP contribution in [0.15, 0.2) is 60.9 Å². The maximum Gasteiger partial charge on any atom is 0.404 e. The van der Waals surface area contributed by atoms with Crippen LogP contribution in [0.3, 0.4) is 0 Å². The predicted molar refractivity (Wildman–Crippen MR) is 184 cm³/mol. The lowest BCUT2D eigenvalue weighted by Crippen LogP contribution is -2.31. The van der Waals surface area contributed by atoms with E-state index in [1.54, 1.807) is 6.20 Å². The lowest BCUT2D eigenvalue weighted by molar-refractivity contribution is -0.0251. The first-order valence-electron chi connectivity index (χ1n) is 16.5. The van der Waals surface area contributed by atoms with E-state index in [4.69, 9.17) is 30.9 Å². The largest absolute Gasteiger partial charge is 0.494 e. The summed E-state index contributed by atoms with van der Waals surface area (Å²) < 4.78 is 18.1. The van der Waals surface area contributed by atoms with Gasteiger partial charge in [0, 0.05) is 18.6 Å². The zero-order chi connectivity index (χ0) is 33.4. The first-order valence-corrected chi connectivity index (χ1v) is 16.8. The van der Waals surface area contributed by atoms with Crippen molar-refractivity contribution in [2.75, 3.05) is 19.8 Å². The molecular weight excluding hydrogens is 602 g/mol. The number of nitrogens with zero attached hydrogens (tertiary/aromatic N) is 2. The van der Waals surface area contributed by atoms with Gasteiger partial charge >= 0.3 is 6.09 Å². The summed E-state index contributed by atoms with van der Waals surface area (Å²) in [5.41, 5.74) is 2.97. The number of hydrogen-bond acceptors (Lipinski definition) is 6. The second kappa shape index (κ2) is 18.7. The van der Waals surface area contributed by atoms with Crippen molar-refractivity contribution < 1.29 is 24.1 Å². The Kier molecular flexibility index (Phi) is 15.1. The average molecular weight is 654 g/mol. The molecule has 9 heteroatoms. The smallest absolute Gasteiger partial charge is 0.404 e. The van der Waals surface area contributed by atoms with Crippen LogP contribution in [0.1, 0.15) is 103 Å². The SMILES string of the molecule is CC(C)(c1ccc(OCCCCCCCCOC(CCCNC(=O)O)C(C)(C)C)cc1)c1ccc(OCc2cncc(Cl)n2)cc1. The summed E-state index contributed by atoms with van der Waals surface area (Å²) in [7, 11) is 0. The Morgan fingerprint density at radius 2 is 1.37 bits per heavy atom. The molecule has 3 aromatic rings. The van der Waals surface area contributed by atoms with Gasteiger partial charge in [-0.15, -0.1) is 0 Å². The molecule has 1 heterocycles. The van der Waals surface area contributed by atoms with Gasteiger partial charge in [0.1, 0.15) is 23.3 Å². The maximum atomic E-state index is 10.6. The Bertz CT molecular complexity index is 1310. The molecule has 8 nitrogen and oxygen atoms in total. The molecule has 1 aromatic heterocycles. The molecule has 0 saturated heterocycles. The van der Waals surface area contributed by atoms with Crippen molar-refractivity contribution >= 4 is 17.7 Å². The van der Waals surface area contributed by atoms with Crippen molar-refractivity contribution in [2.24, 2.45) is 5.41 Å². The van der Waals surface area contributed by atoms with Crippen LogP contribution < -0.4 is 14.8 Å². The quantitative estimate of drug-likeness (QED) is 0.117. The van der Waals surface area contributed by atoms with Crippen LogP contribution in [0.4, 0.5) is 4.79 Å². The molecule has 46 heavy (non-hydrogen) atoms. The topological polar surface area (TPSA) is 103 Å². The molecule has 1 unspecified atom stereocenters. The summed E-state index contributed by atoms with van der Waals surface area (Å²) in [6.07, 6.45) is 10.7. The van der Waals surface area contributed by atoms with Crippen LogP contribution in [0.2, 0.25) is 5.15 Å². The Balaban J connectivity index is 1.29. The minimum atomic E-state index is -0.969. The molecule has 0 aliphatic carbocycles. The minimum Gasteiger partial charge on any atom is -0.494 e. The summed E-state index contributed by atoms with van der Waals surface area (Å²) in [5, 5.41) is 11.5. The summed E-state index contributed by atoms with van der Waals surface area (Å²) in [6, 6.07) is 16.6. The predicted octanol–water partition coefficient (Wildman–Crippen LogP) is 9.23. The van der Waals surface area contributed by atoms with Crippen molar-refractivity contribution in [3.63, 3.8) is 0 Å². The third-order valence-corrected chi connectivity index (χ3v) is 8.39. The van der Waals surface area contributed by atoms with E-state index in [1.807, 2.05) is 12.1 Å². The van der Waals surface area contributed by atoms with E-state index in [2.05, 4.69) is 86.3 Å². The lowest BCUT2D eigenvalue weighted by Gasteiger charge is -2.31. The molecule has 1 atom stereocenters. The van der Waals surface area contributed by atoms with E-state index in [0.29, 0.717) is 24.0 Å². The number of aromatic nitrogens is 2. The van der Waals surface area contributed by atoms with E-state index in [0.717, 1.165) is 63.2 Å². The fraction of sp³-hybridized carbons (Fsp3) is 0.541. The van der Waals surface area contributed by atoms with Gasteiger partial charge in [-0.05, 0) is 66.5 Å². The van der Waals surface area contributed by atoms with E-state index >= 15 is 0 Å². The Morgan fingerprint density at radius 3 is 1.93 bits per heavy atom. The van der Waals surface area contributed by atoms with Gasteiger partial charge in [-0.2, -0.15) is 0 Å². The van der Waals surface area contributed by atoms with Gasteiger partial charge in [0.2, 0.25) is 0 Å². The average Bonchev–Trinajstić information content (AvgIpc) is 3.01. The molecule has 0 spiro atoms. The standard InChI is InChI=1S/C37H52ClN3O5/c1-36(2,3)33(13-12-22-40-35(42)43)45-24-11-9-7-6-8-10-23-44-31-18-14-28(15-19-31)37(4,5)29-16-20-32(21-17-29)46-27-30-25-39-26-34(38)41-30/h14-21,25-26,33,40H,6-13,22-24,27H2,1-5H3,(H,42,43).